The Labute approximate surface area is 113 Å². The number of benzene rings is 2. The average Bonchev–Trinajstić information content (AvgIpc) is 2.78. The molecular weight excluding hydrogens is 236 g/mol. The van der Waals surface area contributed by atoms with Crippen molar-refractivity contribution in [3.8, 4) is 5.75 Å². The molecule has 3 rings (SSSR count). The van der Waals surface area contributed by atoms with Gasteiger partial charge in [0.15, 0.2) is 0 Å². The third kappa shape index (κ3) is 2.64. The first-order chi connectivity index (χ1) is 9.22. The molecule has 0 heterocycles. The second kappa shape index (κ2) is 5.06. The zero-order chi connectivity index (χ0) is 13.2. The third-order valence-electron chi connectivity index (χ3n) is 3.65. The van der Waals surface area contributed by atoms with Crippen molar-refractivity contribution in [3.05, 3.63) is 64.7 Å². The SMILES string of the molecule is Cc1cccc(COc2ccc3c(c2)CCC3O)c1. The van der Waals surface area contributed by atoms with Gasteiger partial charge in [-0.25, -0.2) is 0 Å². The average molecular weight is 254 g/mol. The van der Waals surface area contributed by atoms with Gasteiger partial charge in [-0.05, 0) is 48.6 Å². The summed E-state index contributed by atoms with van der Waals surface area (Å²) < 4.78 is 5.83. The highest BCUT2D eigenvalue weighted by molar-refractivity contribution is 5.40. The summed E-state index contributed by atoms with van der Waals surface area (Å²) in [5, 5.41) is 9.77. The summed E-state index contributed by atoms with van der Waals surface area (Å²) in [4.78, 5) is 0. The Hall–Kier alpha value is -1.80. The molecule has 19 heavy (non-hydrogen) atoms. The number of hydrogen-bond acceptors (Lipinski definition) is 2. The number of aliphatic hydroxyl groups is 1. The molecule has 0 saturated heterocycles. The highest BCUT2D eigenvalue weighted by atomic mass is 16.5. The quantitative estimate of drug-likeness (QED) is 0.907. The predicted octanol–water partition coefficient (Wildman–Crippen LogP) is 3.55. The molecule has 0 amide bonds. The van der Waals surface area contributed by atoms with E-state index in [9.17, 15) is 5.11 Å². The zero-order valence-corrected chi connectivity index (χ0v) is 11.1. The fourth-order valence-electron chi connectivity index (χ4n) is 2.63. The maximum Gasteiger partial charge on any atom is 0.120 e. The van der Waals surface area contributed by atoms with E-state index in [1.807, 2.05) is 18.2 Å². The highest BCUT2D eigenvalue weighted by Crippen LogP contribution is 2.33. The third-order valence-corrected chi connectivity index (χ3v) is 3.65. The van der Waals surface area contributed by atoms with E-state index < -0.39 is 0 Å². The molecule has 0 radical (unpaired) electrons. The number of ether oxygens (including phenoxy) is 1. The predicted molar refractivity (Wildman–Crippen MR) is 75.2 cm³/mol. The molecule has 0 fully saturated rings. The van der Waals surface area contributed by atoms with Gasteiger partial charge >= 0.3 is 0 Å². The lowest BCUT2D eigenvalue weighted by Crippen LogP contribution is -1.97. The van der Waals surface area contributed by atoms with Crippen LogP contribution in [0.5, 0.6) is 5.75 Å². The van der Waals surface area contributed by atoms with E-state index in [1.165, 1.54) is 16.7 Å². The van der Waals surface area contributed by atoms with Crippen LogP contribution in [-0.4, -0.2) is 5.11 Å². The van der Waals surface area contributed by atoms with Crippen molar-refractivity contribution in [2.75, 3.05) is 0 Å². The van der Waals surface area contributed by atoms with E-state index in [4.69, 9.17) is 4.74 Å². The molecule has 2 aromatic carbocycles. The molecule has 2 aromatic rings. The van der Waals surface area contributed by atoms with E-state index in [2.05, 4.69) is 31.2 Å². The Morgan fingerprint density at radius 3 is 2.95 bits per heavy atom. The van der Waals surface area contributed by atoms with Gasteiger partial charge in [0.25, 0.3) is 0 Å². The fraction of sp³-hybridized carbons (Fsp3) is 0.294. The molecule has 1 atom stereocenters. The van der Waals surface area contributed by atoms with Crippen LogP contribution in [0, 0.1) is 6.92 Å². The van der Waals surface area contributed by atoms with Crippen LogP contribution in [0.1, 0.15) is 34.8 Å². The minimum absolute atomic E-state index is 0.291. The van der Waals surface area contributed by atoms with E-state index in [1.54, 1.807) is 0 Å². The van der Waals surface area contributed by atoms with Crippen molar-refractivity contribution in [2.24, 2.45) is 0 Å². The first kappa shape index (κ1) is 12.2. The van der Waals surface area contributed by atoms with E-state index in [0.29, 0.717) is 6.61 Å². The Kier molecular flexibility index (Phi) is 3.26. The van der Waals surface area contributed by atoms with Crippen molar-refractivity contribution in [1.29, 1.82) is 0 Å². The van der Waals surface area contributed by atoms with Gasteiger partial charge in [0.1, 0.15) is 12.4 Å². The number of aryl methyl sites for hydroxylation is 2. The summed E-state index contributed by atoms with van der Waals surface area (Å²) in [7, 11) is 0. The summed E-state index contributed by atoms with van der Waals surface area (Å²) in [6.07, 6.45) is 1.48. The number of fused-ring (bicyclic) bond motifs is 1. The van der Waals surface area contributed by atoms with Gasteiger partial charge in [0, 0.05) is 0 Å². The van der Waals surface area contributed by atoms with E-state index >= 15 is 0 Å². The zero-order valence-electron chi connectivity index (χ0n) is 11.1. The maximum absolute atomic E-state index is 9.77. The molecule has 2 heteroatoms. The van der Waals surface area contributed by atoms with Gasteiger partial charge in [0.2, 0.25) is 0 Å². The molecule has 2 nitrogen and oxygen atoms in total. The molecule has 0 aliphatic heterocycles. The molecule has 1 unspecified atom stereocenters. The molecule has 0 bridgehead atoms. The molecule has 1 N–H and O–H groups in total. The van der Waals surface area contributed by atoms with Gasteiger partial charge in [-0.15, -0.1) is 0 Å². The normalized spacial score (nSPS) is 17.3. The molecule has 98 valence electrons. The van der Waals surface area contributed by atoms with E-state index in [-0.39, 0.29) is 6.10 Å². The summed E-state index contributed by atoms with van der Waals surface area (Å²) in [6.45, 7) is 2.67. The summed E-state index contributed by atoms with van der Waals surface area (Å²) in [5.74, 6) is 0.884. The first-order valence-electron chi connectivity index (χ1n) is 6.71. The van der Waals surface area contributed by atoms with Crippen molar-refractivity contribution in [2.45, 2.75) is 32.5 Å². The molecular formula is C17H18O2. The van der Waals surface area contributed by atoms with Crippen LogP contribution in [0.4, 0.5) is 0 Å². The Bertz CT molecular complexity index is 590. The fourth-order valence-corrected chi connectivity index (χ4v) is 2.63. The largest absolute Gasteiger partial charge is 0.489 e. The monoisotopic (exact) mass is 254 g/mol. The van der Waals surface area contributed by atoms with Crippen molar-refractivity contribution >= 4 is 0 Å². The maximum atomic E-state index is 9.77. The van der Waals surface area contributed by atoms with Crippen LogP contribution in [-0.2, 0) is 13.0 Å². The molecule has 0 saturated carbocycles. The van der Waals surface area contributed by atoms with Crippen LogP contribution in [0.2, 0.25) is 0 Å². The van der Waals surface area contributed by atoms with Crippen LogP contribution in [0.25, 0.3) is 0 Å². The van der Waals surface area contributed by atoms with Crippen LogP contribution >= 0.6 is 0 Å². The minimum atomic E-state index is -0.291. The van der Waals surface area contributed by atoms with Crippen LogP contribution in [0.3, 0.4) is 0 Å². The Balaban J connectivity index is 1.71. The van der Waals surface area contributed by atoms with Crippen LogP contribution < -0.4 is 4.74 Å². The van der Waals surface area contributed by atoms with Crippen molar-refractivity contribution in [1.82, 2.24) is 0 Å². The van der Waals surface area contributed by atoms with Crippen molar-refractivity contribution in [3.63, 3.8) is 0 Å². The lowest BCUT2D eigenvalue weighted by Gasteiger charge is -2.09. The van der Waals surface area contributed by atoms with Gasteiger partial charge in [-0.2, -0.15) is 0 Å². The minimum Gasteiger partial charge on any atom is -0.489 e. The number of aliphatic hydroxyl groups excluding tert-OH is 1. The lowest BCUT2D eigenvalue weighted by atomic mass is 10.1. The van der Waals surface area contributed by atoms with E-state index in [0.717, 1.165) is 24.2 Å². The molecule has 1 aliphatic rings. The second-order valence-corrected chi connectivity index (χ2v) is 5.19. The van der Waals surface area contributed by atoms with Gasteiger partial charge in [0.05, 0.1) is 6.10 Å². The summed E-state index contributed by atoms with van der Waals surface area (Å²) in [6, 6.07) is 14.3. The van der Waals surface area contributed by atoms with Crippen LogP contribution in [0.15, 0.2) is 42.5 Å². The standard InChI is InChI=1S/C17H18O2/c1-12-3-2-4-13(9-12)11-19-15-6-7-16-14(10-15)5-8-17(16)18/h2-4,6-7,9-10,17-18H,5,8,11H2,1H3. The van der Waals surface area contributed by atoms with Gasteiger partial charge in [-0.3, -0.25) is 0 Å². The number of rotatable bonds is 3. The Morgan fingerprint density at radius 2 is 2.11 bits per heavy atom. The molecule has 1 aliphatic carbocycles. The second-order valence-electron chi connectivity index (χ2n) is 5.19. The topological polar surface area (TPSA) is 29.5 Å². The summed E-state index contributed by atoms with van der Waals surface area (Å²) in [5.41, 5.74) is 4.70. The first-order valence-corrected chi connectivity index (χ1v) is 6.71. The molecule has 0 spiro atoms. The smallest absolute Gasteiger partial charge is 0.120 e. The number of hydrogen-bond donors (Lipinski definition) is 1. The lowest BCUT2D eigenvalue weighted by molar-refractivity contribution is 0.180. The highest BCUT2D eigenvalue weighted by Gasteiger charge is 2.20. The van der Waals surface area contributed by atoms with Gasteiger partial charge < -0.3 is 9.84 Å². The van der Waals surface area contributed by atoms with Crippen molar-refractivity contribution < 1.29 is 9.84 Å². The van der Waals surface area contributed by atoms with Gasteiger partial charge in [-0.1, -0.05) is 35.9 Å². The summed E-state index contributed by atoms with van der Waals surface area (Å²) >= 11 is 0. The molecule has 0 aromatic heterocycles. The Morgan fingerprint density at radius 1 is 1.21 bits per heavy atom.